The van der Waals surface area contributed by atoms with Gasteiger partial charge in [-0.1, -0.05) is 64.1 Å². The van der Waals surface area contributed by atoms with Crippen LogP contribution in [0.25, 0.3) is 17.2 Å². The molecule has 6 amide bonds. The van der Waals surface area contributed by atoms with Crippen molar-refractivity contribution < 1.29 is 165 Å². The maximum absolute atomic E-state index is 13.8. The Balaban J connectivity index is 0.605. The lowest BCUT2D eigenvalue weighted by Gasteiger charge is -2.38. The number of hydrogen-bond acceptors (Lipinski definition) is 37. The zero-order valence-corrected chi connectivity index (χ0v) is 88.9. The van der Waals surface area contributed by atoms with E-state index in [1.807, 2.05) is 49.1 Å². The molecule has 0 aromatic heterocycles. The number of hydrogen-bond donors (Lipinski definition) is 5. The van der Waals surface area contributed by atoms with Crippen LogP contribution in [-0.2, 0) is 169 Å². The molecule has 148 heavy (non-hydrogen) atoms. The maximum Gasteiger partial charge on any atom is 0.407 e. The van der Waals surface area contributed by atoms with Gasteiger partial charge in [0.2, 0.25) is 39.6 Å². The quantitative estimate of drug-likeness (QED) is 0.0424. The molecule has 3 aliphatic heterocycles. The van der Waals surface area contributed by atoms with Crippen molar-refractivity contribution in [3.8, 4) is 11.1 Å². The second-order valence-electron chi connectivity index (χ2n) is 34.6. The lowest BCUT2D eigenvalue weighted by Crippen LogP contribution is -2.56. The Bertz CT molecular complexity index is 4180. The van der Waals surface area contributed by atoms with E-state index in [1.54, 1.807) is 70.2 Å². The summed E-state index contributed by atoms with van der Waals surface area (Å²) in [5.74, 6) is -1.89. The first kappa shape index (κ1) is 129. The van der Waals surface area contributed by atoms with Crippen LogP contribution in [0.15, 0.2) is 82.2 Å². The second kappa shape index (κ2) is 84.6. The number of ketones is 1. The van der Waals surface area contributed by atoms with Crippen LogP contribution in [0.2, 0.25) is 0 Å². The normalized spacial score (nSPS) is 14.3. The van der Waals surface area contributed by atoms with E-state index in [2.05, 4.69) is 26.3 Å². The van der Waals surface area contributed by atoms with E-state index in [9.17, 15) is 42.0 Å². The van der Waals surface area contributed by atoms with Gasteiger partial charge in [-0.05, 0) is 98.5 Å². The van der Waals surface area contributed by atoms with Crippen LogP contribution in [0.5, 0.6) is 0 Å². The number of rotatable bonds is 97. The number of carbonyl (C=O) groups excluding carboxylic acids is 7. The Hall–Kier alpha value is -7.93. The minimum absolute atomic E-state index is 0.000545. The maximum atomic E-state index is 13.8. The van der Waals surface area contributed by atoms with E-state index < -0.39 is 57.9 Å². The van der Waals surface area contributed by atoms with Crippen LogP contribution >= 0.6 is 0 Å². The van der Waals surface area contributed by atoms with E-state index in [1.165, 1.54) is 9.21 Å². The number of amides is 6. The molecule has 0 bridgehead atoms. The van der Waals surface area contributed by atoms with Gasteiger partial charge in [0.05, 0.1) is 341 Å². The standard InChI is InChI=1S/C103H169N9O35S/c1-7-22-110(23-8-2)102(118)91-75-90-17-16-89(77-94(90)108-96(104)78-91)88-11-9-12-93(76-88)148(120,121)111-80-87(81-111)79-105-103(119)147-82-86-14-18-92(19-15-86)107-100(116)98(83(3)4)109-99(115)95-13-10-24-112(95)101(117)85(6)106-97(114)21-26-123-28-30-125-32-34-127-36-38-129-40-42-131-44-46-133-48-50-135-52-54-137-56-58-139-60-62-141-64-66-143-68-70-145-72-74-146-73-71-144-69-67-142-65-63-140-61-59-138-57-55-136-53-51-134-49-47-132-45-43-130-41-39-128-37-35-126-33-31-124-29-27-122-25-20-84(5)113/h9,11-12,14-19,75-77,83,85,87,95,98H,7-8,10,13,20-74,78-82H2,1-6H3,(H2,104,108)(H,105,119)(H,106,114)(H,107,116)(H,109,115)/t85-,95+,98+/m1/s1. The predicted molar refractivity (Wildman–Crippen MR) is 548 cm³/mol. The lowest BCUT2D eigenvalue weighted by atomic mass is 10.0. The van der Waals surface area contributed by atoms with Gasteiger partial charge >= 0.3 is 6.09 Å². The summed E-state index contributed by atoms with van der Waals surface area (Å²) in [5.41, 5.74) is 10.7. The number of nitrogens with one attached hydrogen (secondary N) is 4. The van der Waals surface area contributed by atoms with Gasteiger partial charge in [0.25, 0.3) is 0 Å². The smallest absolute Gasteiger partial charge is 0.407 e. The molecule has 45 heteroatoms. The summed E-state index contributed by atoms with van der Waals surface area (Å²) in [6.45, 7) is 34.7. The molecule has 0 saturated carbocycles. The topological polar surface area (TPSA) is 490 Å². The lowest BCUT2D eigenvalue weighted by molar-refractivity contribution is -0.141. The summed E-state index contributed by atoms with van der Waals surface area (Å²) in [4.78, 5) is 99.2. The Morgan fingerprint density at radius 2 is 0.818 bits per heavy atom. The van der Waals surface area contributed by atoms with Crippen molar-refractivity contribution in [3.05, 3.63) is 83.4 Å². The van der Waals surface area contributed by atoms with Crippen LogP contribution in [0.4, 0.5) is 16.2 Å². The van der Waals surface area contributed by atoms with Gasteiger partial charge in [-0.3, -0.25) is 28.8 Å². The molecule has 3 aromatic carbocycles. The van der Waals surface area contributed by atoms with Crippen molar-refractivity contribution in [2.75, 3.05) is 375 Å². The number of likely N-dealkylation sites (tertiary alicyclic amines) is 1. The number of nitrogens with two attached hydrogens (primary N) is 1. The molecule has 2 saturated heterocycles. The molecule has 3 aromatic rings. The first-order chi connectivity index (χ1) is 72.3. The van der Waals surface area contributed by atoms with E-state index in [-0.39, 0.29) is 87.3 Å². The average molecular weight is 2130 g/mol. The minimum Gasteiger partial charge on any atom is -0.445 e. The van der Waals surface area contributed by atoms with Gasteiger partial charge < -0.3 is 160 Å². The molecule has 44 nitrogen and oxygen atoms in total. The molecule has 6 N–H and O–H groups in total. The minimum atomic E-state index is -3.87. The summed E-state index contributed by atoms with van der Waals surface area (Å²) in [5, 5.41) is 11.1. The molecule has 842 valence electrons. The van der Waals surface area contributed by atoms with Crippen molar-refractivity contribution >= 4 is 74.7 Å². The number of anilines is 1. The summed E-state index contributed by atoms with van der Waals surface area (Å²) in [6.07, 6.45) is 4.41. The zero-order chi connectivity index (χ0) is 106. The fourth-order valence-electron chi connectivity index (χ4n) is 14.4. The number of ether oxygens (including phenoxy) is 26. The average Bonchev–Trinajstić information content (AvgIpc) is 0.787. The SMILES string of the molecule is CCCN(CCC)C(=O)C1=Cc2ccc(-c3cccc(S(=O)(=O)N4CC(CNC(=O)OCc5ccc(NC(=O)[C@@H](NC(=O)[C@@H]6CCCN6C(=O)[C@@H](C)NC(=O)CCOCCOCCOCCOCCOCCOCCOCCOCCOCCOCCOCCOCCOCCOCCOCCOCCOCCOCCOCCOCCOCCOCCOCCOCCOCCC(C)=O)C(C)C)cc5)C4)c3)cc2N=C(N)C1. The molecule has 0 radical (unpaired) electrons. The third-order valence-electron chi connectivity index (χ3n) is 22.2. The molecule has 2 fully saturated rings. The van der Waals surface area contributed by atoms with E-state index in [0.717, 1.165) is 24.0 Å². The van der Waals surface area contributed by atoms with E-state index >= 15 is 0 Å². The summed E-state index contributed by atoms with van der Waals surface area (Å²) < 4.78 is 173. The molecule has 0 aliphatic carbocycles. The molecule has 0 spiro atoms. The number of sulfonamides is 1. The first-order valence-electron chi connectivity index (χ1n) is 52.0. The molecule has 6 rings (SSSR count). The highest BCUT2D eigenvalue weighted by molar-refractivity contribution is 7.89. The number of fused-ring (bicyclic) bond motifs is 1. The van der Waals surface area contributed by atoms with Crippen molar-refractivity contribution in [1.82, 2.24) is 30.1 Å². The number of benzene rings is 3. The van der Waals surface area contributed by atoms with Crippen LogP contribution in [0.1, 0.15) is 97.6 Å². The van der Waals surface area contributed by atoms with Gasteiger partial charge in [0.1, 0.15) is 36.4 Å². The Labute approximate surface area is 873 Å². The second-order valence-corrected chi connectivity index (χ2v) is 36.5. The fourth-order valence-corrected chi connectivity index (χ4v) is 16.0. The number of alkyl carbamates (subject to hydrolysis) is 1. The monoisotopic (exact) mass is 2120 g/mol. The summed E-state index contributed by atoms with van der Waals surface area (Å²) in [7, 11) is -3.87. The predicted octanol–water partition coefficient (Wildman–Crippen LogP) is 5.68. The molecular weight excluding hydrogens is 1960 g/mol. The highest BCUT2D eigenvalue weighted by Gasteiger charge is 2.40. The highest BCUT2D eigenvalue weighted by Crippen LogP contribution is 2.35. The Morgan fingerprint density at radius 1 is 0.453 bits per heavy atom. The first-order valence-corrected chi connectivity index (χ1v) is 53.4. The number of nitrogens with zero attached hydrogens (tertiary/aromatic N) is 4. The highest BCUT2D eigenvalue weighted by atomic mass is 32.2. The van der Waals surface area contributed by atoms with Gasteiger partial charge in [0, 0.05) is 81.3 Å². The number of carbonyl (C=O) groups is 7. The van der Waals surface area contributed by atoms with Crippen molar-refractivity contribution in [2.24, 2.45) is 22.6 Å². The van der Waals surface area contributed by atoms with Crippen LogP contribution in [0.3, 0.4) is 0 Å². The molecule has 3 atom stereocenters. The van der Waals surface area contributed by atoms with Gasteiger partial charge in [0.15, 0.2) is 0 Å². The Kier molecular flexibility index (Phi) is 73.5. The van der Waals surface area contributed by atoms with Crippen molar-refractivity contribution in [3.63, 3.8) is 0 Å². The van der Waals surface area contributed by atoms with E-state index in [0.29, 0.717) is 383 Å². The molecule has 0 unspecified atom stereocenters. The van der Waals surface area contributed by atoms with Gasteiger partial charge in [-0.2, -0.15) is 4.31 Å². The van der Waals surface area contributed by atoms with Crippen LogP contribution in [0, 0.1) is 11.8 Å². The molecule has 3 heterocycles. The summed E-state index contributed by atoms with van der Waals surface area (Å²) >= 11 is 0. The van der Waals surface area contributed by atoms with Gasteiger partial charge in [-0.15, -0.1) is 0 Å². The van der Waals surface area contributed by atoms with E-state index in [4.69, 9.17) is 129 Å². The number of amidine groups is 1. The fraction of sp³-hybridized carbons (Fsp3) is 0.728. The Morgan fingerprint density at radius 3 is 1.18 bits per heavy atom. The largest absolute Gasteiger partial charge is 0.445 e. The van der Waals surface area contributed by atoms with Gasteiger partial charge in [-0.25, -0.2) is 18.2 Å². The number of aliphatic imine (C=N–C) groups is 1. The zero-order valence-electron chi connectivity index (χ0n) is 88.1. The van der Waals surface area contributed by atoms with Crippen LogP contribution < -0.4 is 27.0 Å². The third kappa shape index (κ3) is 60.5. The molecular formula is C103H169N9O35S. The summed E-state index contributed by atoms with van der Waals surface area (Å²) in [6, 6.07) is 16.2. The van der Waals surface area contributed by atoms with Crippen molar-refractivity contribution in [1.29, 1.82) is 0 Å². The molecule has 3 aliphatic rings. The van der Waals surface area contributed by atoms with Crippen molar-refractivity contribution in [2.45, 2.75) is 116 Å². The third-order valence-corrected chi connectivity index (χ3v) is 24.1. The van der Waals surface area contributed by atoms with Crippen LogP contribution in [-0.4, -0.2) is 458 Å². The number of Topliss-reactive ketones (excluding diaryl/α,β-unsaturated/α-hetero) is 1.